The van der Waals surface area contributed by atoms with Gasteiger partial charge in [0.15, 0.2) is 0 Å². The lowest BCUT2D eigenvalue weighted by atomic mass is 10.2. The van der Waals surface area contributed by atoms with Gasteiger partial charge in [0.05, 0.1) is 6.61 Å². The van der Waals surface area contributed by atoms with E-state index in [1.54, 1.807) is 0 Å². The van der Waals surface area contributed by atoms with Crippen molar-refractivity contribution in [1.29, 1.82) is 0 Å². The van der Waals surface area contributed by atoms with E-state index in [-0.39, 0.29) is 0 Å². The van der Waals surface area contributed by atoms with Crippen LogP contribution in [0.4, 0.5) is 0 Å². The van der Waals surface area contributed by atoms with Crippen molar-refractivity contribution >= 4 is 8.32 Å². The van der Waals surface area contributed by atoms with E-state index in [0.717, 1.165) is 0 Å². The Morgan fingerprint density at radius 2 is 1.85 bits per heavy atom. The third-order valence-corrected chi connectivity index (χ3v) is 1.98. The smallest absolute Gasteiger partial charge is 0.261 e. The Hall–Kier alpha value is -0.443. The van der Waals surface area contributed by atoms with Crippen molar-refractivity contribution in [2.75, 3.05) is 6.61 Å². The first-order chi connectivity index (χ1) is 5.85. The molecular weight excluding hydrogens is 180 g/mol. The van der Waals surface area contributed by atoms with Gasteiger partial charge in [-0.05, 0) is 38.6 Å². The zero-order valence-corrected chi connectivity index (χ0v) is 10.7. The third kappa shape index (κ3) is 7.90. The second-order valence-electron chi connectivity index (χ2n) is 4.38. The molecule has 0 bridgehead atoms. The molecule has 78 valence electrons. The molecule has 0 aromatic rings. The summed E-state index contributed by atoms with van der Waals surface area (Å²) >= 11 is 0. The number of hydrogen-bond donors (Lipinski definition) is 0. The van der Waals surface area contributed by atoms with Crippen LogP contribution >= 0.6 is 0 Å². The molecule has 0 rings (SSSR count). The van der Waals surface area contributed by atoms with Crippen molar-refractivity contribution < 1.29 is 9.16 Å². The maximum absolute atomic E-state index is 5.77. The summed E-state index contributed by atoms with van der Waals surface area (Å²) in [5.41, 5.74) is 0. The highest BCUT2D eigenvalue weighted by Crippen LogP contribution is 2.13. The van der Waals surface area contributed by atoms with Crippen LogP contribution in [0.3, 0.4) is 0 Å². The Balaban J connectivity index is 4.26. The Morgan fingerprint density at radius 1 is 1.31 bits per heavy atom. The molecule has 0 unspecified atom stereocenters. The molecule has 0 aliphatic rings. The van der Waals surface area contributed by atoms with Crippen LogP contribution in [0.5, 0.6) is 0 Å². The molecule has 0 fully saturated rings. The fraction of sp³-hybridized carbons (Fsp3) is 0.800. The average molecular weight is 202 g/mol. The lowest BCUT2D eigenvalue weighted by molar-refractivity contribution is 0.109. The molecule has 0 N–H and O–H groups in total. The van der Waals surface area contributed by atoms with Gasteiger partial charge in [-0.25, -0.2) is 0 Å². The van der Waals surface area contributed by atoms with E-state index in [1.807, 2.05) is 13.0 Å². The molecule has 0 aliphatic carbocycles. The lowest BCUT2D eigenvalue weighted by Crippen LogP contribution is -2.25. The molecule has 0 saturated carbocycles. The third-order valence-electron chi connectivity index (χ3n) is 1.16. The molecule has 2 nitrogen and oxygen atoms in total. The second kappa shape index (κ2) is 5.32. The topological polar surface area (TPSA) is 18.5 Å². The Kier molecular flexibility index (Phi) is 5.14. The van der Waals surface area contributed by atoms with Crippen molar-refractivity contribution in [2.24, 2.45) is 5.92 Å². The van der Waals surface area contributed by atoms with Gasteiger partial charge in [-0.15, -0.1) is 0 Å². The minimum absolute atomic E-state index is 0.470. The summed E-state index contributed by atoms with van der Waals surface area (Å²) in [6.07, 6.45) is 2.03. The van der Waals surface area contributed by atoms with Crippen molar-refractivity contribution in [3.8, 4) is 0 Å². The van der Waals surface area contributed by atoms with Crippen molar-refractivity contribution in [3.63, 3.8) is 0 Å². The minimum atomic E-state index is -1.52. The zero-order chi connectivity index (χ0) is 10.5. The van der Waals surface area contributed by atoms with Gasteiger partial charge < -0.3 is 9.16 Å². The van der Waals surface area contributed by atoms with Crippen molar-refractivity contribution in [3.05, 3.63) is 12.0 Å². The number of allylic oxidation sites excluding steroid dienone is 1. The van der Waals surface area contributed by atoms with Crippen LogP contribution in [-0.2, 0) is 9.16 Å². The van der Waals surface area contributed by atoms with E-state index in [1.165, 1.54) is 0 Å². The summed E-state index contributed by atoms with van der Waals surface area (Å²) in [6.45, 7) is 13.3. The van der Waals surface area contributed by atoms with Crippen molar-refractivity contribution in [2.45, 2.75) is 40.4 Å². The molecule has 13 heavy (non-hydrogen) atoms. The summed E-state index contributed by atoms with van der Waals surface area (Å²) in [4.78, 5) is 0. The van der Waals surface area contributed by atoms with Crippen LogP contribution in [0.15, 0.2) is 12.0 Å². The molecule has 0 radical (unpaired) electrons. The summed E-state index contributed by atoms with van der Waals surface area (Å²) in [6, 6.07) is 0. The number of rotatable bonds is 5. The minimum Gasteiger partial charge on any atom is -0.520 e. The van der Waals surface area contributed by atoms with Gasteiger partial charge >= 0.3 is 0 Å². The predicted molar refractivity (Wildman–Crippen MR) is 59.0 cm³/mol. The van der Waals surface area contributed by atoms with Crippen LogP contribution in [0.1, 0.15) is 20.8 Å². The standard InChI is InChI=1S/C10H22O2Si/c1-7-11-10(8-9(2)3)12-13(4,5)6/h8-9H,7H2,1-6H3. The highest BCUT2D eigenvalue weighted by atomic mass is 28.4. The van der Waals surface area contributed by atoms with E-state index in [0.29, 0.717) is 18.5 Å². The lowest BCUT2D eigenvalue weighted by Gasteiger charge is -2.21. The summed E-state index contributed by atoms with van der Waals surface area (Å²) in [5.74, 6) is 1.18. The van der Waals surface area contributed by atoms with Crippen LogP contribution in [0.25, 0.3) is 0 Å². The molecule has 3 heteroatoms. The molecular formula is C10H22O2Si. The van der Waals surface area contributed by atoms with Crippen LogP contribution in [0, 0.1) is 5.92 Å². The first kappa shape index (κ1) is 12.6. The van der Waals surface area contributed by atoms with Crippen molar-refractivity contribution in [1.82, 2.24) is 0 Å². The molecule has 0 saturated heterocycles. The predicted octanol–water partition coefficient (Wildman–Crippen LogP) is 3.37. The summed E-state index contributed by atoms with van der Waals surface area (Å²) in [5, 5.41) is 0. The van der Waals surface area contributed by atoms with Gasteiger partial charge in [-0.3, -0.25) is 0 Å². The molecule has 0 amide bonds. The van der Waals surface area contributed by atoms with Gasteiger partial charge in [-0.2, -0.15) is 0 Å². The van der Waals surface area contributed by atoms with E-state index in [4.69, 9.17) is 9.16 Å². The molecule has 0 heterocycles. The van der Waals surface area contributed by atoms with E-state index in [9.17, 15) is 0 Å². The quantitative estimate of drug-likeness (QED) is 0.502. The van der Waals surface area contributed by atoms with Gasteiger partial charge in [0.1, 0.15) is 0 Å². The second-order valence-corrected chi connectivity index (χ2v) is 8.81. The highest BCUT2D eigenvalue weighted by molar-refractivity contribution is 6.69. The summed E-state index contributed by atoms with van der Waals surface area (Å²) < 4.78 is 11.2. The average Bonchev–Trinajstić information content (AvgIpc) is 1.81. The fourth-order valence-corrected chi connectivity index (χ4v) is 1.56. The fourth-order valence-electron chi connectivity index (χ4n) is 0.828. The molecule has 0 atom stereocenters. The van der Waals surface area contributed by atoms with Gasteiger partial charge in [-0.1, -0.05) is 13.8 Å². The first-order valence-corrected chi connectivity index (χ1v) is 8.29. The number of hydrogen-bond acceptors (Lipinski definition) is 2. The monoisotopic (exact) mass is 202 g/mol. The molecule has 0 aromatic carbocycles. The number of ether oxygens (including phenoxy) is 1. The normalized spacial score (nSPS) is 13.3. The van der Waals surface area contributed by atoms with Gasteiger partial charge in [0, 0.05) is 0 Å². The molecule has 0 aromatic heterocycles. The van der Waals surface area contributed by atoms with Crippen LogP contribution < -0.4 is 0 Å². The SMILES string of the molecule is CCOC(=CC(C)C)O[Si](C)(C)C. The van der Waals surface area contributed by atoms with Crippen LogP contribution in [0.2, 0.25) is 19.6 Å². The molecule has 0 spiro atoms. The van der Waals surface area contributed by atoms with Gasteiger partial charge in [0.2, 0.25) is 8.32 Å². The Bertz CT molecular complexity index is 168. The largest absolute Gasteiger partial charge is 0.520 e. The zero-order valence-electron chi connectivity index (χ0n) is 9.68. The van der Waals surface area contributed by atoms with Gasteiger partial charge in [0.25, 0.3) is 5.95 Å². The van der Waals surface area contributed by atoms with E-state index < -0.39 is 8.32 Å². The maximum Gasteiger partial charge on any atom is 0.261 e. The maximum atomic E-state index is 5.77. The Labute approximate surface area is 83.1 Å². The summed E-state index contributed by atoms with van der Waals surface area (Å²) in [7, 11) is -1.52. The first-order valence-electron chi connectivity index (χ1n) is 4.88. The molecule has 0 aliphatic heterocycles. The highest BCUT2D eigenvalue weighted by Gasteiger charge is 2.18. The van der Waals surface area contributed by atoms with Crippen LogP contribution in [-0.4, -0.2) is 14.9 Å². The van der Waals surface area contributed by atoms with E-state index in [2.05, 4.69) is 33.5 Å². The Morgan fingerprint density at radius 3 is 2.15 bits per heavy atom. The van der Waals surface area contributed by atoms with E-state index >= 15 is 0 Å².